The Hall–Kier alpha value is -1.16. The van der Waals surface area contributed by atoms with Crippen molar-refractivity contribution in [3.8, 4) is 0 Å². The van der Waals surface area contributed by atoms with Gasteiger partial charge in [-0.1, -0.05) is 12.8 Å². The van der Waals surface area contributed by atoms with Gasteiger partial charge in [-0.05, 0) is 26.8 Å². The second-order valence-corrected chi connectivity index (χ2v) is 5.36. The highest BCUT2D eigenvalue weighted by atomic mass is 16.1. The SMILES string of the molecule is CC(=O)C1=C(NC=NC2CCCC2)CCN(C)C1. The number of likely N-dealkylation sites (N-methyl/N-ethyl adjacent to an activating group) is 1. The highest BCUT2D eigenvalue weighted by Gasteiger charge is 2.19. The molecule has 1 heterocycles. The van der Waals surface area contributed by atoms with Gasteiger partial charge in [-0.15, -0.1) is 0 Å². The monoisotopic (exact) mass is 249 g/mol. The lowest BCUT2D eigenvalue weighted by molar-refractivity contribution is -0.114. The number of ketones is 1. The minimum Gasteiger partial charge on any atom is -0.350 e. The number of nitrogens with zero attached hydrogens (tertiary/aromatic N) is 2. The van der Waals surface area contributed by atoms with Crippen molar-refractivity contribution >= 4 is 12.1 Å². The molecule has 18 heavy (non-hydrogen) atoms. The molecule has 2 aliphatic rings. The second kappa shape index (κ2) is 6.14. The summed E-state index contributed by atoms with van der Waals surface area (Å²) in [5.74, 6) is 0.165. The normalized spacial score (nSPS) is 23.0. The van der Waals surface area contributed by atoms with Crippen molar-refractivity contribution in [1.29, 1.82) is 0 Å². The predicted molar refractivity (Wildman–Crippen MR) is 73.7 cm³/mol. The molecule has 100 valence electrons. The van der Waals surface area contributed by atoms with Crippen molar-refractivity contribution in [2.24, 2.45) is 4.99 Å². The van der Waals surface area contributed by atoms with Crippen molar-refractivity contribution in [1.82, 2.24) is 10.2 Å². The van der Waals surface area contributed by atoms with E-state index in [0.29, 0.717) is 6.04 Å². The van der Waals surface area contributed by atoms with E-state index in [4.69, 9.17) is 0 Å². The van der Waals surface area contributed by atoms with Gasteiger partial charge in [-0.2, -0.15) is 0 Å². The number of nitrogens with one attached hydrogen (secondary N) is 1. The van der Waals surface area contributed by atoms with Crippen molar-refractivity contribution in [2.45, 2.75) is 45.1 Å². The standard InChI is InChI=1S/C14H23N3O/c1-11(18)13-9-17(2)8-7-14(13)16-10-15-12-5-3-4-6-12/h10,12H,3-9H2,1-2H3,(H,15,16). The van der Waals surface area contributed by atoms with E-state index in [0.717, 1.165) is 30.8 Å². The van der Waals surface area contributed by atoms with Gasteiger partial charge in [0.2, 0.25) is 0 Å². The average molecular weight is 249 g/mol. The average Bonchev–Trinajstić information content (AvgIpc) is 2.84. The van der Waals surface area contributed by atoms with E-state index in [1.807, 2.05) is 7.05 Å². The van der Waals surface area contributed by atoms with Crippen LogP contribution in [0.25, 0.3) is 0 Å². The number of aliphatic imine (C=N–C) groups is 1. The molecule has 1 N–H and O–H groups in total. The maximum atomic E-state index is 11.6. The number of rotatable bonds is 4. The summed E-state index contributed by atoms with van der Waals surface area (Å²) in [5, 5.41) is 3.24. The zero-order chi connectivity index (χ0) is 13.0. The molecule has 0 unspecified atom stereocenters. The number of Topliss-reactive ketones (excluding diaryl/α,β-unsaturated/α-hetero) is 1. The van der Waals surface area contributed by atoms with Crippen LogP contribution in [-0.4, -0.2) is 43.2 Å². The topological polar surface area (TPSA) is 44.7 Å². The highest BCUT2D eigenvalue weighted by molar-refractivity contribution is 5.95. The third-order valence-electron chi connectivity index (χ3n) is 3.81. The fourth-order valence-corrected chi connectivity index (χ4v) is 2.65. The van der Waals surface area contributed by atoms with Crippen LogP contribution in [0.1, 0.15) is 39.0 Å². The summed E-state index contributed by atoms with van der Waals surface area (Å²) in [6.45, 7) is 3.38. The van der Waals surface area contributed by atoms with Crippen molar-refractivity contribution in [3.05, 3.63) is 11.3 Å². The second-order valence-electron chi connectivity index (χ2n) is 5.36. The summed E-state index contributed by atoms with van der Waals surface area (Å²) in [6.07, 6.45) is 7.73. The Kier molecular flexibility index (Phi) is 4.53. The zero-order valence-electron chi connectivity index (χ0n) is 11.4. The largest absolute Gasteiger partial charge is 0.350 e. The van der Waals surface area contributed by atoms with Crippen LogP contribution in [-0.2, 0) is 4.79 Å². The van der Waals surface area contributed by atoms with E-state index in [1.54, 1.807) is 13.3 Å². The van der Waals surface area contributed by atoms with Crippen LogP contribution in [0.2, 0.25) is 0 Å². The van der Waals surface area contributed by atoms with E-state index in [-0.39, 0.29) is 5.78 Å². The van der Waals surface area contributed by atoms with E-state index >= 15 is 0 Å². The Morgan fingerprint density at radius 1 is 1.44 bits per heavy atom. The maximum absolute atomic E-state index is 11.6. The van der Waals surface area contributed by atoms with Crippen molar-refractivity contribution in [2.75, 3.05) is 20.1 Å². The molecule has 0 aromatic rings. The molecule has 4 heteroatoms. The van der Waals surface area contributed by atoms with Gasteiger partial charge < -0.3 is 10.2 Å². The molecule has 0 aromatic heterocycles. The molecule has 1 aliphatic carbocycles. The molecule has 1 saturated carbocycles. The number of hydrogen-bond donors (Lipinski definition) is 1. The Morgan fingerprint density at radius 3 is 2.83 bits per heavy atom. The molecule has 0 saturated heterocycles. The van der Waals surface area contributed by atoms with Gasteiger partial charge in [0, 0.05) is 30.8 Å². The van der Waals surface area contributed by atoms with Crippen LogP contribution in [0.3, 0.4) is 0 Å². The fraction of sp³-hybridized carbons (Fsp3) is 0.714. The first kappa shape index (κ1) is 13.3. The molecule has 0 bridgehead atoms. The summed E-state index contributed by atoms with van der Waals surface area (Å²) in [5.41, 5.74) is 1.96. The molecule has 0 aromatic carbocycles. The van der Waals surface area contributed by atoms with Crippen molar-refractivity contribution in [3.63, 3.8) is 0 Å². The minimum atomic E-state index is 0.165. The molecular formula is C14H23N3O. The Bertz CT molecular complexity index is 367. The van der Waals surface area contributed by atoms with Crippen LogP contribution < -0.4 is 5.32 Å². The quantitative estimate of drug-likeness (QED) is 0.609. The number of carbonyl (C=O) groups is 1. The molecule has 0 atom stereocenters. The van der Waals surface area contributed by atoms with Crippen LogP contribution in [0.5, 0.6) is 0 Å². The van der Waals surface area contributed by atoms with Gasteiger partial charge >= 0.3 is 0 Å². The van der Waals surface area contributed by atoms with Gasteiger partial charge in [0.1, 0.15) is 0 Å². The lowest BCUT2D eigenvalue weighted by atomic mass is 10.0. The van der Waals surface area contributed by atoms with Crippen LogP contribution in [0.4, 0.5) is 0 Å². The van der Waals surface area contributed by atoms with Gasteiger partial charge in [0.25, 0.3) is 0 Å². The van der Waals surface area contributed by atoms with E-state index in [9.17, 15) is 4.79 Å². The summed E-state index contributed by atoms with van der Waals surface area (Å²) in [6, 6.07) is 0.491. The lowest BCUT2D eigenvalue weighted by Crippen LogP contribution is -2.34. The van der Waals surface area contributed by atoms with Gasteiger partial charge in [0.15, 0.2) is 5.78 Å². The van der Waals surface area contributed by atoms with Crippen LogP contribution in [0, 0.1) is 0 Å². The Labute approximate surface area is 109 Å². The van der Waals surface area contributed by atoms with Crippen molar-refractivity contribution < 1.29 is 4.79 Å². The van der Waals surface area contributed by atoms with Crippen LogP contribution >= 0.6 is 0 Å². The molecule has 2 rings (SSSR count). The fourth-order valence-electron chi connectivity index (χ4n) is 2.65. The van der Waals surface area contributed by atoms with Gasteiger partial charge in [0.05, 0.1) is 12.4 Å². The van der Waals surface area contributed by atoms with Crippen LogP contribution in [0.15, 0.2) is 16.3 Å². The molecule has 0 amide bonds. The van der Waals surface area contributed by atoms with E-state index in [2.05, 4.69) is 15.2 Å². The summed E-state index contributed by atoms with van der Waals surface area (Å²) >= 11 is 0. The Morgan fingerprint density at radius 2 is 2.17 bits per heavy atom. The third kappa shape index (κ3) is 3.42. The zero-order valence-corrected chi connectivity index (χ0v) is 11.4. The summed E-state index contributed by atoms with van der Waals surface area (Å²) in [4.78, 5) is 18.3. The molecule has 0 radical (unpaired) electrons. The van der Waals surface area contributed by atoms with E-state index in [1.165, 1.54) is 25.7 Å². The first-order chi connectivity index (χ1) is 8.66. The lowest BCUT2D eigenvalue weighted by Gasteiger charge is -2.26. The summed E-state index contributed by atoms with van der Waals surface area (Å²) < 4.78 is 0. The molecule has 0 spiro atoms. The van der Waals surface area contributed by atoms with Gasteiger partial charge in [-0.25, -0.2) is 0 Å². The Balaban J connectivity index is 1.96. The smallest absolute Gasteiger partial charge is 0.158 e. The minimum absolute atomic E-state index is 0.165. The summed E-state index contributed by atoms with van der Waals surface area (Å²) in [7, 11) is 2.05. The predicted octanol–water partition coefficient (Wildman–Crippen LogP) is 1.73. The number of hydrogen-bond acceptors (Lipinski definition) is 3. The van der Waals surface area contributed by atoms with E-state index < -0.39 is 0 Å². The molecule has 1 aliphatic heterocycles. The first-order valence-corrected chi connectivity index (χ1v) is 6.86. The van der Waals surface area contributed by atoms with Gasteiger partial charge in [-0.3, -0.25) is 9.79 Å². The molecular weight excluding hydrogens is 226 g/mol. The molecule has 4 nitrogen and oxygen atoms in total. The maximum Gasteiger partial charge on any atom is 0.158 e. The highest BCUT2D eigenvalue weighted by Crippen LogP contribution is 2.20. The molecule has 1 fully saturated rings. The third-order valence-corrected chi connectivity index (χ3v) is 3.81. The first-order valence-electron chi connectivity index (χ1n) is 6.86. The number of carbonyl (C=O) groups excluding carboxylic acids is 1.